The normalized spacial score (nSPS) is 12.4. The molecule has 3 N–H and O–H groups in total. The van der Waals surface area contributed by atoms with Crippen LogP contribution in [0.3, 0.4) is 0 Å². The Bertz CT molecular complexity index is 1280. The molecule has 2 aromatic heterocycles. The van der Waals surface area contributed by atoms with Crippen molar-refractivity contribution in [2.24, 2.45) is 0 Å². The van der Waals surface area contributed by atoms with E-state index in [1.165, 1.54) is 5.56 Å². The molecule has 0 saturated carbocycles. The van der Waals surface area contributed by atoms with Crippen LogP contribution in [0.25, 0.3) is 0 Å². The van der Waals surface area contributed by atoms with Crippen LogP contribution in [-0.4, -0.2) is 15.9 Å². The van der Waals surface area contributed by atoms with Crippen molar-refractivity contribution in [2.45, 2.75) is 19.3 Å². The maximum Gasteiger partial charge on any atom is 0.229 e. The standard InChI is InChI=1S/C24H20ClN5OS/c25-20-14-26-24-28-17-4-1-3-15(11-17)6-7-16-12-18(27-23(20)30-24)8-9-21(16)29-22(31)13-19-5-2-10-32-19/h1-5,8-12,14H,6-7,13H2,(H,29,31)(H2,26,27,28,30). The predicted octanol–water partition coefficient (Wildman–Crippen LogP) is 5.96. The zero-order valence-corrected chi connectivity index (χ0v) is 18.6. The number of nitrogens with zero attached hydrogens (tertiary/aromatic N) is 2. The van der Waals surface area contributed by atoms with Crippen LogP contribution in [0.4, 0.5) is 28.8 Å². The number of benzene rings is 2. The second-order valence-electron chi connectivity index (χ2n) is 7.52. The Hall–Kier alpha value is -3.42. The van der Waals surface area contributed by atoms with Gasteiger partial charge in [0.1, 0.15) is 5.02 Å². The summed E-state index contributed by atoms with van der Waals surface area (Å²) >= 11 is 7.91. The largest absolute Gasteiger partial charge is 0.339 e. The highest BCUT2D eigenvalue weighted by Crippen LogP contribution is 2.29. The van der Waals surface area contributed by atoms with Crippen molar-refractivity contribution in [2.75, 3.05) is 16.0 Å². The minimum absolute atomic E-state index is 0.0259. The number of hydrogen-bond donors (Lipinski definition) is 3. The summed E-state index contributed by atoms with van der Waals surface area (Å²) in [6.45, 7) is 0. The molecule has 0 spiro atoms. The van der Waals surface area contributed by atoms with Gasteiger partial charge in [-0.05, 0) is 65.7 Å². The van der Waals surface area contributed by atoms with Gasteiger partial charge in [-0.25, -0.2) is 4.98 Å². The summed E-state index contributed by atoms with van der Waals surface area (Å²) < 4.78 is 0. The van der Waals surface area contributed by atoms with Crippen LogP contribution >= 0.6 is 22.9 Å². The van der Waals surface area contributed by atoms with Crippen LogP contribution in [0.1, 0.15) is 16.0 Å². The second-order valence-corrected chi connectivity index (χ2v) is 8.96. The number of carbonyl (C=O) groups is 1. The van der Waals surface area contributed by atoms with Crippen LogP contribution in [0.15, 0.2) is 66.2 Å². The summed E-state index contributed by atoms with van der Waals surface area (Å²) in [5, 5.41) is 12.0. The lowest BCUT2D eigenvalue weighted by molar-refractivity contribution is -0.115. The Kier molecular flexibility index (Phi) is 5.75. The number of hydrogen-bond acceptors (Lipinski definition) is 6. The SMILES string of the molecule is O=C(Cc1cccs1)Nc1ccc2cc1CCc1cccc(c1)Nc1ncc(Cl)c(n1)N2. The number of aryl methyl sites for hydroxylation is 2. The topological polar surface area (TPSA) is 78.9 Å². The van der Waals surface area contributed by atoms with Crippen molar-refractivity contribution in [3.63, 3.8) is 0 Å². The molecule has 6 bridgehead atoms. The molecule has 1 aliphatic heterocycles. The van der Waals surface area contributed by atoms with E-state index in [9.17, 15) is 4.79 Å². The van der Waals surface area contributed by atoms with Gasteiger partial charge in [-0.15, -0.1) is 11.3 Å². The smallest absolute Gasteiger partial charge is 0.229 e. The number of thiophene rings is 1. The summed E-state index contributed by atoms with van der Waals surface area (Å²) in [4.78, 5) is 22.5. The van der Waals surface area contributed by atoms with Crippen molar-refractivity contribution in [1.82, 2.24) is 9.97 Å². The van der Waals surface area contributed by atoms with Gasteiger partial charge < -0.3 is 16.0 Å². The fraction of sp³-hybridized carbons (Fsp3) is 0.125. The molecule has 3 heterocycles. The lowest BCUT2D eigenvalue weighted by Crippen LogP contribution is -2.15. The van der Waals surface area contributed by atoms with E-state index in [0.717, 1.165) is 40.3 Å². The third-order valence-electron chi connectivity index (χ3n) is 5.17. The number of rotatable bonds is 3. The number of amides is 1. The first-order chi connectivity index (χ1) is 15.6. The molecule has 2 aromatic carbocycles. The molecule has 5 rings (SSSR count). The van der Waals surface area contributed by atoms with Crippen LogP contribution < -0.4 is 16.0 Å². The van der Waals surface area contributed by atoms with Gasteiger partial charge in [0.2, 0.25) is 11.9 Å². The van der Waals surface area contributed by atoms with E-state index in [-0.39, 0.29) is 5.91 Å². The predicted molar refractivity (Wildman–Crippen MR) is 131 cm³/mol. The molecule has 32 heavy (non-hydrogen) atoms. The summed E-state index contributed by atoms with van der Waals surface area (Å²) in [6, 6.07) is 18.0. The van der Waals surface area contributed by atoms with E-state index in [1.807, 2.05) is 47.8 Å². The van der Waals surface area contributed by atoms with Gasteiger partial charge in [-0.3, -0.25) is 4.79 Å². The summed E-state index contributed by atoms with van der Waals surface area (Å²) in [5.41, 5.74) is 4.78. The van der Waals surface area contributed by atoms with Crippen molar-refractivity contribution in [1.29, 1.82) is 0 Å². The number of nitrogens with one attached hydrogen (secondary N) is 3. The number of carbonyl (C=O) groups excluding carboxylic acids is 1. The van der Waals surface area contributed by atoms with E-state index in [0.29, 0.717) is 23.2 Å². The van der Waals surface area contributed by atoms with Crippen LogP contribution in [0.2, 0.25) is 5.02 Å². The van der Waals surface area contributed by atoms with Crippen molar-refractivity contribution < 1.29 is 4.79 Å². The minimum atomic E-state index is -0.0259. The average molecular weight is 462 g/mol. The molecule has 0 radical (unpaired) electrons. The molecule has 8 heteroatoms. The maximum absolute atomic E-state index is 12.6. The third kappa shape index (κ3) is 4.74. The average Bonchev–Trinajstić information content (AvgIpc) is 3.29. The van der Waals surface area contributed by atoms with E-state index in [1.54, 1.807) is 17.5 Å². The number of fused-ring (bicyclic) bond motifs is 6. The monoisotopic (exact) mass is 461 g/mol. The Labute approximate surface area is 194 Å². The van der Waals surface area contributed by atoms with Gasteiger partial charge in [-0.1, -0.05) is 29.8 Å². The fourth-order valence-electron chi connectivity index (χ4n) is 3.63. The van der Waals surface area contributed by atoms with Gasteiger partial charge in [0, 0.05) is 21.9 Å². The van der Waals surface area contributed by atoms with E-state index >= 15 is 0 Å². The van der Waals surface area contributed by atoms with E-state index in [4.69, 9.17) is 11.6 Å². The summed E-state index contributed by atoms with van der Waals surface area (Å²) in [6.07, 6.45) is 3.53. The molecule has 0 atom stereocenters. The molecule has 0 aliphatic carbocycles. The highest BCUT2D eigenvalue weighted by atomic mass is 35.5. The summed E-state index contributed by atoms with van der Waals surface area (Å²) in [5.74, 6) is 0.952. The van der Waals surface area contributed by atoms with Gasteiger partial charge >= 0.3 is 0 Å². The molecular weight excluding hydrogens is 442 g/mol. The van der Waals surface area contributed by atoms with Crippen molar-refractivity contribution in [3.8, 4) is 0 Å². The van der Waals surface area contributed by atoms with Crippen LogP contribution in [0, 0.1) is 0 Å². The first kappa shape index (κ1) is 20.5. The molecule has 0 saturated heterocycles. The zero-order chi connectivity index (χ0) is 21.9. The molecular formula is C24H20ClN5OS. The Balaban J connectivity index is 1.49. The maximum atomic E-state index is 12.6. The number of halogens is 1. The van der Waals surface area contributed by atoms with Gasteiger partial charge in [0.25, 0.3) is 0 Å². The first-order valence-electron chi connectivity index (χ1n) is 10.2. The molecule has 1 amide bonds. The Morgan fingerprint density at radius 1 is 1.06 bits per heavy atom. The summed E-state index contributed by atoms with van der Waals surface area (Å²) in [7, 11) is 0. The molecule has 160 valence electrons. The highest BCUT2D eigenvalue weighted by molar-refractivity contribution is 7.10. The first-order valence-corrected chi connectivity index (χ1v) is 11.5. The van der Waals surface area contributed by atoms with Gasteiger partial charge in [0.15, 0.2) is 5.82 Å². The molecule has 4 aromatic rings. The lowest BCUT2D eigenvalue weighted by Gasteiger charge is -2.14. The number of anilines is 5. The van der Waals surface area contributed by atoms with Crippen LogP contribution in [-0.2, 0) is 24.1 Å². The van der Waals surface area contributed by atoms with E-state index < -0.39 is 0 Å². The minimum Gasteiger partial charge on any atom is -0.339 e. The van der Waals surface area contributed by atoms with Crippen LogP contribution in [0.5, 0.6) is 0 Å². The third-order valence-corrected chi connectivity index (χ3v) is 6.32. The zero-order valence-electron chi connectivity index (χ0n) is 17.1. The van der Waals surface area contributed by atoms with Gasteiger partial charge in [0.05, 0.1) is 12.6 Å². The Morgan fingerprint density at radius 2 is 1.97 bits per heavy atom. The molecule has 1 aliphatic rings. The molecule has 0 unspecified atom stereocenters. The lowest BCUT2D eigenvalue weighted by atomic mass is 10.0. The fourth-order valence-corrected chi connectivity index (χ4v) is 4.47. The molecule has 6 nitrogen and oxygen atoms in total. The highest BCUT2D eigenvalue weighted by Gasteiger charge is 2.13. The molecule has 0 fully saturated rings. The quantitative estimate of drug-likeness (QED) is 0.351. The van der Waals surface area contributed by atoms with Crippen molar-refractivity contribution in [3.05, 3.63) is 87.2 Å². The number of aromatic nitrogens is 2. The Morgan fingerprint density at radius 3 is 2.84 bits per heavy atom. The van der Waals surface area contributed by atoms with Crippen molar-refractivity contribution >= 4 is 57.7 Å². The second kappa shape index (κ2) is 8.98. The van der Waals surface area contributed by atoms with E-state index in [2.05, 4.69) is 38.1 Å². The van der Waals surface area contributed by atoms with Gasteiger partial charge in [-0.2, -0.15) is 4.98 Å².